The van der Waals surface area contributed by atoms with Crippen LogP contribution in [0.3, 0.4) is 0 Å². The Morgan fingerprint density at radius 2 is 2.64 bits per heavy atom. The van der Waals surface area contributed by atoms with E-state index in [4.69, 9.17) is 0 Å². The van der Waals surface area contributed by atoms with Gasteiger partial charge in [0, 0.05) is 24.7 Å². The fourth-order valence-corrected chi connectivity index (χ4v) is 1.90. The minimum absolute atomic E-state index is 0.184. The average Bonchev–Trinajstić information content (AvgIpc) is 2.75. The number of nitrogens with zero attached hydrogens (tertiary/aromatic N) is 2. The summed E-state index contributed by atoms with van der Waals surface area (Å²) >= 11 is 1.38. The van der Waals surface area contributed by atoms with Gasteiger partial charge in [0.05, 0.1) is 6.10 Å². The fraction of sp³-hybridized carbons (Fsp3) is 0.500. The Morgan fingerprint density at radius 1 is 1.79 bits per heavy atom. The van der Waals surface area contributed by atoms with Crippen LogP contribution < -0.4 is 5.32 Å². The van der Waals surface area contributed by atoms with Crippen molar-refractivity contribution < 1.29 is 9.90 Å². The molecule has 14 heavy (non-hydrogen) atoms. The lowest BCUT2D eigenvalue weighted by Crippen LogP contribution is -2.33. The Labute approximate surface area is 85.4 Å². The Balaban J connectivity index is 1.90. The number of carbonyl (C=O) groups is 1. The minimum Gasteiger partial charge on any atom is -0.391 e. The van der Waals surface area contributed by atoms with Crippen LogP contribution in [-0.4, -0.2) is 40.2 Å². The summed E-state index contributed by atoms with van der Waals surface area (Å²) in [5, 5.41) is 14.3. The van der Waals surface area contributed by atoms with Gasteiger partial charge in [-0.25, -0.2) is 9.78 Å². The summed E-state index contributed by atoms with van der Waals surface area (Å²) in [5.41, 5.74) is 0. The summed E-state index contributed by atoms with van der Waals surface area (Å²) in [6, 6.07) is -0.184. The largest absolute Gasteiger partial charge is 0.391 e. The second-order valence-corrected chi connectivity index (χ2v) is 4.05. The number of hydrogen-bond donors (Lipinski definition) is 2. The molecule has 2 N–H and O–H groups in total. The molecule has 2 rings (SSSR count). The molecule has 1 aromatic rings. The molecule has 2 heterocycles. The Bertz CT molecular complexity index is 314. The van der Waals surface area contributed by atoms with Crippen LogP contribution in [0.2, 0.25) is 0 Å². The normalized spacial score (nSPS) is 21.2. The van der Waals surface area contributed by atoms with Gasteiger partial charge >= 0.3 is 6.03 Å². The van der Waals surface area contributed by atoms with E-state index in [9.17, 15) is 9.90 Å². The molecule has 0 saturated carbocycles. The van der Waals surface area contributed by atoms with Crippen LogP contribution in [0, 0.1) is 0 Å². The summed E-state index contributed by atoms with van der Waals surface area (Å²) in [6.07, 6.45) is 1.92. The van der Waals surface area contributed by atoms with E-state index in [1.807, 2.05) is 0 Å². The Hall–Kier alpha value is -1.14. The predicted molar refractivity (Wildman–Crippen MR) is 53.3 cm³/mol. The van der Waals surface area contributed by atoms with Crippen LogP contribution in [0.15, 0.2) is 11.6 Å². The molecule has 0 bridgehead atoms. The van der Waals surface area contributed by atoms with Crippen molar-refractivity contribution in [1.82, 2.24) is 9.88 Å². The van der Waals surface area contributed by atoms with Crippen molar-refractivity contribution in [1.29, 1.82) is 0 Å². The first-order chi connectivity index (χ1) is 6.75. The number of nitrogens with one attached hydrogen (secondary N) is 1. The van der Waals surface area contributed by atoms with Gasteiger partial charge in [0.1, 0.15) is 0 Å². The maximum Gasteiger partial charge on any atom is 0.323 e. The van der Waals surface area contributed by atoms with Crippen molar-refractivity contribution in [2.75, 3.05) is 18.4 Å². The average molecular weight is 213 g/mol. The predicted octanol–water partition coefficient (Wildman–Crippen LogP) is 0.742. The van der Waals surface area contributed by atoms with Gasteiger partial charge in [-0.15, -0.1) is 11.3 Å². The van der Waals surface area contributed by atoms with Crippen LogP contribution in [0.5, 0.6) is 0 Å². The summed E-state index contributed by atoms with van der Waals surface area (Å²) < 4.78 is 0. The van der Waals surface area contributed by atoms with Crippen LogP contribution in [-0.2, 0) is 0 Å². The van der Waals surface area contributed by atoms with Gasteiger partial charge in [0.25, 0.3) is 0 Å². The first-order valence-electron chi connectivity index (χ1n) is 4.39. The summed E-state index contributed by atoms with van der Waals surface area (Å²) in [5.74, 6) is 0. The van der Waals surface area contributed by atoms with Crippen molar-refractivity contribution >= 4 is 22.5 Å². The number of carbonyl (C=O) groups excluding carboxylic acids is 1. The zero-order valence-corrected chi connectivity index (χ0v) is 8.33. The number of thiazole rings is 1. The zero-order valence-electron chi connectivity index (χ0n) is 7.51. The van der Waals surface area contributed by atoms with Gasteiger partial charge in [0.2, 0.25) is 0 Å². The van der Waals surface area contributed by atoms with Crippen LogP contribution >= 0.6 is 11.3 Å². The molecule has 0 unspecified atom stereocenters. The maximum atomic E-state index is 11.5. The number of aromatic nitrogens is 1. The third-order valence-corrected chi connectivity index (χ3v) is 2.79. The molecule has 6 heteroatoms. The molecule has 0 spiro atoms. The van der Waals surface area contributed by atoms with Crippen LogP contribution in [0.4, 0.5) is 9.93 Å². The van der Waals surface area contributed by atoms with Crippen molar-refractivity contribution in [3.8, 4) is 0 Å². The molecule has 5 nitrogen and oxygen atoms in total. The van der Waals surface area contributed by atoms with E-state index in [0.717, 1.165) is 0 Å². The molecular formula is C8H11N3O2S. The molecule has 1 aromatic heterocycles. The van der Waals surface area contributed by atoms with Crippen LogP contribution in [0.25, 0.3) is 0 Å². The molecule has 0 aliphatic carbocycles. The van der Waals surface area contributed by atoms with Gasteiger partial charge < -0.3 is 10.0 Å². The molecule has 1 aliphatic rings. The molecule has 1 fully saturated rings. The van der Waals surface area contributed by atoms with Crippen LogP contribution in [0.1, 0.15) is 6.42 Å². The molecule has 2 amide bonds. The highest BCUT2D eigenvalue weighted by atomic mass is 32.1. The smallest absolute Gasteiger partial charge is 0.323 e. The number of likely N-dealkylation sites (tertiary alicyclic amines) is 1. The lowest BCUT2D eigenvalue weighted by atomic mass is 10.3. The molecule has 76 valence electrons. The molecule has 1 atom stereocenters. The zero-order chi connectivity index (χ0) is 9.97. The third kappa shape index (κ3) is 2.02. The van der Waals surface area contributed by atoms with E-state index in [1.54, 1.807) is 16.5 Å². The number of urea groups is 1. The lowest BCUT2D eigenvalue weighted by Gasteiger charge is -2.14. The number of rotatable bonds is 1. The van der Waals surface area contributed by atoms with Crippen molar-refractivity contribution in [3.63, 3.8) is 0 Å². The molecule has 1 aliphatic heterocycles. The maximum absolute atomic E-state index is 11.5. The summed E-state index contributed by atoms with van der Waals surface area (Å²) in [4.78, 5) is 17.1. The fourth-order valence-electron chi connectivity index (χ4n) is 1.38. The molecule has 0 aromatic carbocycles. The number of amides is 2. The minimum atomic E-state index is -0.378. The van der Waals surface area contributed by atoms with E-state index >= 15 is 0 Å². The number of aliphatic hydroxyl groups excluding tert-OH is 1. The number of anilines is 1. The van der Waals surface area contributed by atoms with E-state index < -0.39 is 0 Å². The van der Waals surface area contributed by atoms with Gasteiger partial charge in [-0.05, 0) is 6.42 Å². The standard InChI is InChI=1S/C8H11N3O2S/c12-6-1-3-11(5-6)8(13)10-7-9-2-4-14-7/h2,4,6,12H,1,3,5H2,(H,9,10,13)/t6-/m0/s1. The van der Waals surface area contributed by atoms with E-state index in [1.165, 1.54) is 11.3 Å². The molecular weight excluding hydrogens is 202 g/mol. The van der Waals surface area contributed by atoms with E-state index in [0.29, 0.717) is 24.6 Å². The van der Waals surface area contributed by atoms with Gasteiger partial charge in [-0.2, -0.15) is 0 Å². The van der Waals surface area contributed by atoms with Gasteiger partial charge in [-0.3, -0.25) is 5.32 Å². The Morgan fingerprint density at radius 3 is 3.21 bits per heavy atom. The first kappa shape index (κ1) is 9.42. The Kier molecular flexibility index (Phi) is 2.64. The van der Waals surface area contributed by atoms with Crippen molar-refractivity contribution in [2.45, 2.75) is 12.5 Å². The van der Waals surface area contributed by atoms with Gasteiger partial charge in [0.15, 0.2) is 5.13 Å². The quantitative estimate of drug-likeness (QED) is 0.723. The number of hydrogen-bond acceptors (Lipinski definition) is 4. The van der Waals surface area contributed by atoms with Crippen molar-refractivity contribution in [3.05, 3.63) is 11.6 Å². The van der Waals surface area contributed by atoms with Crippen molar-refractivity contribution in [2.24, 2.45) is 0 Å². The topological polar surface area (TPSA) is 65.5 Å². The van der Waals surface area contributed by atoms with E-state index in [2.05, 4.69) is 10.3 Å². The summed E-state index contributed by atoms with van der Waals surface area (Å²) in [6.45, 7) is 1.02. The first-order valence-corrected chi connectivity index (χ1v) is 5.27. The number of β-amino-alcohol motifs (C(OH)–C–C–N with tert-alkyl or cyclic N) is 1. The number of aliphatic hydroxyl groups is 1. The van der Waals surface area contributed by atoms with E-state index in [-0.39, 0.29) is 12.1 Å². The lowest BCUT2D eigenvalue weighted by molar-refractivity contribution is 0.176. The van der Waals surface area contributed by atoms with Gasteiger partial charge in [-0.1, -0.05) is 0 Å². The second-order valence-electron chi connectivity index (χ2n) is 3.16. The highest BCUT2D eigenvalue weighted by Gasteiger charge is 2.24. The molecule has 0 radical (unpaired) electrons. The second kappa shape index (κ2) is 3.93. The highest BCUT2D eigenvalue weighted by Crippen LogP contribution is 2.14. The SMILES string of the molecule is O=C(Nc1nccs1)N1CC[C@H](O)C1. The highest BCUT2D eigenvalue weighted by molar-refractivity contribution is 7.13. The third-order valence-electron chi connectivity index (χ3n) is 2.10. The molecule has 1 saturated heterocycles. The summed E-state index contributed by atoms with van der Waals surface area (Å²) in [7, 11) is 0. The monoisotopic (exact) mass is 213 g/mol.